The number of carbonyl (C=O) groups excluding carboxylic acids is 1. The van der Waals surface area contributed by atoms with Crippen LogP contribution in [0, 0.1) is 5.82 Å². The van der Waals surface area contributed by atoms with E-state index < -0.39 is 28.3 Å². The summed E-state index contributed by atoms with van der Waals surface area (Å²) in [6.07, 6.45) is 0. The van der Waals surface area contributed by atoms with Gasteiger partial charge in [0.1, 0.15) is 5.82 Å². The number of halogens is 2. The van der Waals surface area contributed by atoms with Crippen molar-refractivity contribution in [2.24, 2.45) is 0 Å². The molecule has 0 radical (unpaired) electrons. The van der Waals surface area contributed by atoms with E-state index in [0.29, 0.717) is 6.54 Å². The van der Waals surface area contributed by atoms with Crippen molar-refractivity contribution in [3.05, 3.63) is 22.4 Å². The third-order valence-corrected chi connectivity index (χ3v) is 4.50. The first-order chi connectivity index (χ1) is 8.77. The number of benzene rings is 1. The van der Waals surface area contributed by atoms with Crippen molar-refractivity contribution in [2.45, 2.75) is 11.8 Å². The molecule has 0 spiro atoms. The summed E-state index contributed by atoms with van der Waals surface area (Å²) in [5, 5.41) is 2.44. The normalized spacial score (nSPS) is 11.3. The molecule has 0 bridgehead atoms. The third kappa shape index (κ3) is 4.15. The number of likely N-dealkylation sites (N-methyl/N-ethyl adjacent to an activating group) is 1. The van der Waals surface area contributed by atoms with Gasteiger partial charge in [-0.2, -0.15) is 0 Å². The predicted molar refractivity (Wildman–Crippen MR) is 72.4 cm³/mol. The van der Waals surface area contributed by atoms with E-state index in [2.05, 4.69) is 26.0 Å². The molecule has 4 N–H and O–H groups in total. The minimum absolute atomic E-state index is 0.0302. The van der Waals surface area contributed by atoms with Crippen LogP contribution in [0.3, 0.4) is 0 Å². The van der Waals surface area contributed by atoms with Gasteiger partial charge in [-0.25, -0.2) is 17.5 Å². The van der Waals surface area contributed by atoms with Gasteiger partial charge < -0.3 is 11.1 Å². The van der Waals surface area contributed by atoms with Crippen LogP contribution in [-0.4, -0.2) is 27.4 Å². The van der Waals surface area contributed by atoms with Crippen molar-refractivity contribution in [1.82, 2.24) is 10.0 Å². The van der Waals surface area contributed by atoms with E-state index >= 15 is 0 Å². The summed E-state index contributed by atoms with van der Waals surface area (Å²) in [5.74, 6) is -1.19. The number of anilines is 1. The zero-order chi connectivity index (χ0) is 14.6. The van der Waals surface area contributed by atoms with Crippen molar-refractivity contribution in [1.29, 1.82) is 0 Å². The SMILES string of the molecule is CCNC(=O)CNS(=O)(=O)c1cc(N)c(F)cc1Br. The average Bonchev–Trinajstić information content (AvgIpc) is 2.31. The van der Waals surface area contributed by atoms with E-state index in [-0.39, 0.29) is 15.1 Å². The van der Waals surface area contributed by atoms with Gasteiger partial charge >= 0.3 is 0 Å². The molecule has 0 aliphatic rings. The van der Waals surface area contributed by atoms with Crippen LogP contribution in [-0.2, 0) is 14.8 Å². The zero-order valence-corrected chi connectivity index (χ0v) is 12.4. The summed E-state index contributed by atoms with van der Waals surface area (Å²) in [6, 6.07) is 1.94. The van der Waals surface area contributed by atoms with Crippen LogP contribution in [0.5, 0.6) is 0 Å². The minimum Gasteiger partial charge on any atom is -0.396 e. The minimum atomic E-state index is -3.95. The number of hydrogen-bond acceptors (Lipinski definition) is 4. The van der Waals surface area contributed by atoms with E-state index in [9.17, 15) is 17.6 Å². The maximum absolute atomic E-state index is 13.1. The molecule has 106 valence electrons. The van der Waals surface area contributed by atoms with Gasteiger partial charge in [-0.1, -0.05) is 0 Å². The molecule has 0 aliphatic heterocycles. The molecule has 6 nitrogen and oxygen atoms in total. The molecular formula is C10H13BrFN3O3S. The molecule has 1 aromatic rings. The first-order valence-electron chi connectivity index (χ1n) is 5.28. The molecule has 0 unspecified atom stereocenters. The Morgan fingerprint density at radius 2 is 2.11 bits per heavy atom. The lowest BCUT2D eigenvalue weighted by Gasteiger charge is -2.09. The van der Waals surface area contributed by atoms with E-state index in [1.165, 1.54) is 0 Å². The second kappa shape index (κ2) is 6.31. The number of amides is 1. The van der Waals surface area contributed by atoms with Gasteiger partial charge in [0.15, 0.2) is 0 Å². The molecule has 0 heterocycles. The molecule has 19 heavy (non-hydrogen) atoms. The third-order valence-electron chi connectivity index (χ3n) is 2.14. The fourth-order valence-corrected chi connectivity index (χ4v) is 3.28. The van der Waals surface area contributed by atoms with Crippen LogP contribution < -0.4 is 15.8 Å². The Balaban J connectivity index is 2.95. The topological polar surface area (TPSA) is 101 Å². The average molecular weight is 354 g/mol. The lowest BCUT2D eigenvalue weighted by atomic mass is 10.3. The first kappa shape index (κ1) is 15.9. The monoisotopic (exact) mass is 353 g/mol. The van der Waals surface area contributed by atoms with Crippen molar-refractivity contribution in [2.75, 3.05) is 18.8 Å². The molecule has 0 saturated carbocycles. The molecule has 1 aromatic carbocycles. The van der Waals surface area contributed by atoms with Gasteiger partial charge in [0.25, 0.3) is 0 Å². The Hall–Kier alpha value is -1.19. The number of nitrogens with two attached hydrogens (primary N) is 1. The van der Waals surface area contributed by atoms with Crippen LogP contribution in [0.25, 0.3) is 0 Å². The number of sulfonamides is 1. The standard InChI is InChI=1S/C10H13BrFN3O3S/c1-2-14-10(16)5-15-19(17,18)9-4-8(13)7(12)3-6(9)11/h3-4,15H,2,5,13H2,1H3,(H,14,16). The highest BCUT2D eigenvalue weighted by Gasteiger charge is 2.20. The molecular weight excluding hydrogens is 341 g/mol. The van der Waals surface area contributed by atoms with Crippen LogP contribution in [0.1, 0.15) is 6.92 Å². The van der Waals surface area contributed by atoms with Crippen LogP contribution >= 0.6 is 15.9 Å². The number of nitrogens with one attached hydrogen (secondary N) is 2. The maximum atomic E-state index is 13.1. The number of carbonyl (C=O) groups is 1. The maximum Gasteiger partial charge on any atom is 0.242 e. The van der Waals surface area contributed by atoms with E-state index in [1.54, 1.807) is 6.92 Å². The highest BCUT2D eigenvalue weighted by atomic mass is 79.9. The molecule has 1 amide bonds. The molecule has 9 heteroatoms. The fourth-order valence-electron chi connectivity index (χ4n) is 1.25. The van der Waals surface area contributed by atoms with Crippen molar-refractivity contribution < 1.29 is 17.6 Å². The Bertz CT molecular complexity index is 592. The van der Waals surface area contributed by atoms with Gasteiger partial charge in [-0.3, -0.25) is 4.79 Å². The smallest absolute Gasteiger partial charge is 0.242 e. The first-order valence-corrected chi connectivity index (χ1v) is 7.56. The van der Waals surface area contributed by atoms with E-state index in [4.69, 9.17) is 5.73 Å². The summed E-state index contributed by atoms with van der Waals surface area (Å²) < 4.78 is 39.1. The molecule has 0 atom stereocenters. The highest BCUT2D eigenvalue weighted by Crippen LogP contribution is 2.26. The second-order valence-electron chi connectivity index (χ2n) is 3.58. The summed E-state index contributed by atoms with van der Waals surface area (Å²) in [4.78, 5) is 11.0. The van der Waals surface area contributed by atoms with E-state index in [1.807, 2.05) is 0 Å². The second-order valence-corrected chi connectivity index (χ2v) is 6.17. The Kier molecular flexibility index (Phi) is 5.27. The lowest BCUT2D eigenvalue weighted by Crippen LogP contribution is -2.36. The number of nitrogen functional groups attached to an aromatic ring is 1. The Labute approximate surface area is 118 Å². The predicted octanol–water partition coefficient (Wildman–Crippen LogP) is 0.585. The van der Waals surface area contributed by atoms with Crippen molar-refractivity contribution >= 4 is 37.5 Å². The Morgan fingerprint density at radius 3 is 2.68 bits per heavy atom. The van der Waals surface area contributed by atoms with Gasteiger partial charge in [0, 0.05) is 11.0 Å². The molecule has 1 rings (SSSR count). The van der Waals surface area contributed by atoms with Crippen molar-refractivity contribution in [3.63, 3.8) is 0 Å². The zero-order valence-electron chi connectivity index (χ0n) is 10.0. The fraction of sp³-hybridized carbons (Fsp3) is 0.300. The summed E-state index contributed by atoms with van der Waals surface area (Å²) in [6.45, 7) is 1.71. The van der Waals surface area contributed by atoms with Crippen molar-refractivity contribution in [3.8, 4) is 0 Å². The van der Waals surface area contributed by atoms with Gasteiger partial charge in [0.05, 0.1) is 17.1 Å². The van der Waals surface area contributed by atoms with Crippen LogP contribution in [0.4, 0.5) is 10.1 Å². The van der Waals surface area contributed by atoms with Crippen LogP contribution in [0.2, 0.25) is 0 Å². The van der Waals surface area contributed by atoms with Crippen LogP contribution in [0.15, 0.2) is 21.5 Å². The molecule has 0 fully saturated rings. The lowest BCUT2D eigenvalue weighted by molar-refractivity contribution is -0.119. The summed E-state index contributed by atoms with van der Waals surface area (Å²) in [5.41, 5.74) is 5.03. The Morgan fingerprint density at radius 1 is 1.47 bits per heavy atom. The van der Waals surface area contributed by atoms with E-state index in [0.717, 1.165) is 12.1 Å². The van der Waals surface area contributed by atoms with Gasteiger partial charge in [-0.15, -0.1) is 0 Å². The summed E-state index contributed by atoms with van der Waals surface area (Å²) >= 11 is 2.94. The number of rotatable bonds is 5. The molecule has 0 aliphatic carbocycles. The molecule has 0 aromatic heterocycles. The molecule has 0 saturated heterocycles. The van der Waals surface area contributed by atoms with Gasteiger partial charge in [-0.05, 0) is 35.0 Å². The summed E-state index contributed by atoms with van der Waals surface area (Å²) in [7, 11) is -3.95. The highest BCUT2D eigenvalue weighted by molar-refractivity contribution is 9.10. The number of hydrogen-bond donors (Lipinski definition) is 3. The quantitative estimate of drug-likeness (QED) is 0.674. The van der Waals surface area contributed by atoms with Gasteiger partial charge in [0.2, 0.25) is 15.9 Å². The largest absolute Gasteiger partial charge is 0.396 e.